The molecule has 0 aliphatic rings. The molecule has 0 aromatic carbocycles. The quantitative estimate of drug-likeness (QED) is 0.654. The molecule has 106 valence electrons. The number of aromatic nitrogens is 4. The number of aromatic carboxylic acids is 1. The fraction of sp³-hybridized carbons (Fsp3) is 0.0667. The summed E-state index contributed by atoms with van der Waals surface area (Å²) in [5.41, 5.74) is 2.80. The van der Waals surface area contributed by atoms with Crippen LogP contribution in [0.3, 0.4) is 0 Å². The molecular weight excluding hydrogens is 275 g/mol. The maximum atomic E-state index is 11.2. The molecule has 0 bridgehead atoms. The smallest absolute Gasteiger partial charge is 1.00 e. The van der Waals surface area contributed by atoms with Crippen LogP contribution in [0.4, 0.5) is 0 Å². The zero-order valence-electron chi connectivity index (χ0n) is 13.3. The minimum Gasteiger partial charge on any atom is -1.00 e. The van der Waals surface area contributed by atoms with Crippen molar-refractivity contribution in [3.05, 3.63) is 60.2 Å². The summed E-state index contributed by atoms with van der Waals surface area (Å²) in [5.74, 6) is -1.08. The van der Waals surface area contributed by atoms with Crippen LogP contribution in [0.2, 0.25) is 0 Å². The van der Waals surface area contributed by atoms with Gasteiger partial charge in [0, 0.05) is 18.0 Å². The predicted octanol–water partition coefficient (Wildman–Crippen LogP) is -0.548. The van der Waals surface area contributed by atoms with Crippen LogP contribution in [0.1, 0.15) is 17.6 Å². The first-order valence-corrected chi connectivity index (χ1v) is 6.33. The maximum Gasteiger partial charge on any atom is 1.00 e. The molecule has 0 radical (unpaired) electrons. The maximum absolute atomic E-state index is 11.2. The van der Waals surface area contributed by atoms with Crippen molar-refractivity contribution in [2.45, 2.75) is 6.92 Å². The fourth-order valence-electron chi connectivity index (χ4n) is 1.96. The Morgan fingerprint density at radius 1 is 1.23 bits per heavy atom. The standard InChI is InChI=1S/C15H12N4O2.Li.H/c1-10-5-6-11(9-17-10)19-14(8-13(18-19)15(20)21)12-4-2-3-7-16-12;;/h2-9H,1H3,(H,20,21);;/q;+1;-1. The third-order valence-electron chi connectivity index (χ3n) is 3.00. The number of pyridine rings is 2. The van der Waals surface area contributed by atoms with Crippen molar-refractivity contribution in [2.75, 3.05) is 0 Å². The number of carbonyl (C=O) groups is 1. The zero-order chi connectivity index (χ0) is 14.8. The first-order chi connectivity index (χ1) is 10.1. The summed E-state index contributed by atoms with van der Waals surface area (Å²) < 4.78 is 1.54. The number of rotatable bonds is 3. The van der Waals surface area contributed by atoms with E-state index in [1.54, 1.807) is 24.5 Å². The number of hydrogen-bond acceptors (Lipinski definition) is 4. The average Bonchev–Trinajstić information content (AvgIpc) is 2.94. The van der Waals surface area contributed by atoms with E-state index in [0.717, 1.165) is 5.69 Å². The van der Waals surface area contributed by atoms with Crippen LogP contribution < -0.4 is 18.9 Å². The Morgan fingerprint density at radius 2 is 2.05 bits per heavy atom. The Bertz CT molecular complexity index is 791. The van der Waals surface area contributed by atoms with Gasteiger partial charge >= 0.3 is 24.8 Å². The molecule has 0 aliphatic heterocycles. The fourth-order valence-corrected chi connectivity index (χ4v) is 1.96. The van der Waals surface area contributed by atoms with E-state index in [1.807, 2.05) is 25.1 Å². The normalized spacial score (nSPS) is 10.0. The van der Waals surface area contributed by atoms with Crippen molar-refractivity contribution in [3.8, 4) is 17.1 Å². The van der Waals surface area contributed by atoms with Gasteiger partial charge in [-0.05, 0) is 31.2 Å². The largest absolute Gasteiger partial charge is 1.00 e. The van der Waals surface area contributed by atoms with Gasteiger partial charge < -0.3 is 6.53 Å². The minimum absolute atomic E-state index is 0. The summed E-state index contributed by atoms with van der Waals surface area (Å²) in [4.78, 5) is 19.6. The van der Waals surface area contributed by atoms with E-state index in [4.69, 9.17) is 5.11 Å². The Labute approximate surface area is 140 Å². The van der Waals surface area contributed by atoms with Crippen LogP contribution in [0.15, 0.2) is 48.8 Å². The second kappa shape index (κ2) is 6.56. The van der Waals surface area contributed by atoms with Crippen molar-refractivity contribution in [3.63, 3.8) is 0 Å². The summed E-state index contributed by atoms with van der Waals surface area (Å²) in [7, 11) is 0. The molecule has 3 rings (SSSR count). The number of nitrogens with zero attached hydrogens (tertiary/aromatic N) is 4. The topological polar surface area (TPSA) is 80.9 Å². The predicted molar refractivity (Wildman–Crippen MR) is 77.4 cm³/mol. The molecule has 7 heteroatoms. The monoisotopic (exact) mass is 288 g/mol. The van der Waals surface area contributed by atoms with Gasteiger partial charge in [-0.25, -0.2) is 9.48 Å². The molecular formula is C15H13LiN4O2. The molecule has 3 aromatic rings. The van der Waals surface area contributed by atoms with Crippen molar-refractivity contribution >= 4 is 5.97 Å². The molecule has 22 heavy (non-hydrogen) atoms. The molecule has 0 saturated carbocycles. The van der Waals surface area contributed by atoms with Gasteiger partial charge in [0.25, 0.3) is 0 Å². The summed E-state index contributed by atoms with van der Waals surface area (Å²) >= 11 is 0. The van der Waals surface area contributed by atoms with Crippen molar-refractivity contribution in [1.82, 2.24) is 19.7 Å². The second-order valence-corrected chi connectivity index (χ2v) is 4.50. The van der Waals surface area contributed by atoms with E-state index < -0.39 is 5.97 Å². The Hall–Kier alpha value is -2.42. The molecule has 6 nitrogen and oxygen atoms in total. The zero-order valence-corrected chi connectivity index (χ0v) is 12.3. The van der Waals surface area contributed by atoms with E-state index in [1.165, 1.54) is 10.7 Å². The van der Waals surface area contributed by atoms with Crippen molar-refractivity contribution in [2.24, 2.45) is 0 Å². The van der Waals surface area contributed by atoms with Gasteiger partial charge in [-0.1, -0.05) is 6.07 Å². The van der Waals surface area contributed by atoms with Gasteiger partial charge in [-0.2, -0.15) is 5.10 Å². The average molecular weight is 288 g/mol. The molecule has 0 atom stereocenters. The molecule has 0 fully saturated rings. The molecule has 0 amide bonds. The number of hydrogen-bond donors (Lipinski definition) is 1. The van der Waals surface area contributed by atoms with Crippen LogP contribution >= 0.6 is 0 Å². The van der Waals surface area contributed by atoms with Crippen LogP contribution in [0, 0.1) is 6.92 Å². The Kier molecular flexibility index (Phi) is 4.76. The van der Waals surface area contributed by atoms with E-state index in [9.17, 15) is 4.79 Å². The summed E-state index contributed by atoms with van der Waals surface area (Å²) in [6.45, 7) is 1.88. The number of aryl methyl sites for hydroxylation is 1. The number of carboxylic acids is 1. The summed E-state index contributed by atoms with van der Waals surface area (Å²) in [5, 5.41) is 13.3. The molecule has 1 N–H and O–H groups in total. The van der Waals surface area contributed by atoms with Gasteiger partial charge in [-0.15, -0.1) is 0 Å². The molecule has 3 aromatic heterocycles. The SMILES string of the molecule is Cc1ccc(-n2nc(C(=O)O)cc2-c2ccccn2)cn1.[H-].[Li+]. The van der Waals surface area contributed by atoms with Gasteiger partial charge in [0.05, 0.1) is 23.3 Å². The summed E-state index contributed by atoms with van der Waals surface area (Å²) in [6, 6.07) is 10.6. The van der Waals surface area contributed by atoms with Gasteiger partial charge in [0.15, 0.2) is 5.69 Å². The third-order valence-corrected chi connectivity index (χ3v) is 3.00. The van der Waals surface area contributed by atoms with Crippen LogP contribution in [-0.4, -0.2) is 30.8 Å². The van der Waals surface area contributed by atoms with Crippen LogP contribution in [0.5, 0.6) is 0 Å². The van der Waals surface area contributed by atoms with E-state index in [-0.39, 0.29) is 26.0 Å². The second-order valence-electron chi connectivity index (χ2n) is 4.50. The Morgan fingerprint density at radius 3 is 2.64 bits per heavy atom. The third kappa shape index (κ3) is 3.08. The number of carboxylic acid groups (broad SMARTS) is 1. The van der Waals surface area contributed by atoms with Crippen molar-refractivity contribution in [1.29, 1.82) is 0 Å². The van der Waals surface area contributed by atoms with Crippen LogP contribution in [-0.2, 0) is 0 Å². The molecule has 0 unspecified atom stereocenters. The first kappa shape index (κ1) is 16.0. The molecule has 0 saturated heterocycles. The van der Waals surface area contributed by atoms with Gasteiger partial charge in [0.2, 0.25) is 0 Å². The Balaban J connectivity index is 0.00000132. The molecule has 0 spiro atoms. The van der Waals surface area contributed by atoms with E-state index in [2.05, 4.69) is 15.1 Å². The summed E-state index contributed by atoms with van der Waals surface area (Å²) in [6.07, 6.45) is 3.31. The van der Waals surface area contributed by atoms with Gasteiger partial charge in [-0.3, -0.25) is 9.97 Å². The first-order valence-electron chi connectivity index (χ1n) is 6.33. The van der Waals surface area contributed by atoms with Crippen molar-refractivity contribution < 1.29 is 30.2 Å². The molecule has 0 aliphatic carbocycles. The molecule has 3 heterocycles. The van der Waals surface area contributed by atoms with Gasteiger partial charge in [0.1, 0.15) is 0 Å². The van der Waals surface area contributed by atoms with E-state index >= 15 is 0 Å². The van der Waals surface area contributed by atoms with Crippen LogP contribution in [0.25, 0.3) is 17.1 Å². The van der Waals surface area contributed by atoms with E-state index in [0.29, 0.717) is 17.1 Å². The minimum atomic E-state index is -1.08.